The Bertz CT molecular complexity index is 612. The number of benzene rings is 2. The summed E-state index contributed by atoms with van der Waals surface area (Å²) >= 11 is 0. The molecule has 2 aromatic carbocycles. The number of allylic oxidation sites excluding steroid dienone is 1. The van der Waals surface area contributed by atoms with Crippen LogP contribution in [0, 0.1) is 0 Å². The van der Waals surface area contributed by atoms with Gasteiger partial charge in [0.15, 0.2) is 0 Å². The molecule has 0 saturated heterocycles. The van der Waals surface area contributed by atoms with E-state index in [-0.39, 0.29) is 6.10 Å². The SMILES string of the molecule is OC(Cc1ccc2ccccc2c1)C1=CCCCCC1. The number of aliphatic hydroxyl groups excluding tert-OH is 1. The first-order valence-corrected chi connectivity index (χ1v) is 7.67. The van der Waals surface area contributed by atoms with Crippen molar-refractivity contribution in [2.24, 2.45) is 0 Å². The molecule has 1 aliphatic carbocycles. The molecule has 0 aliphatic heterocycles. The first kappa shape index (κ1) is 13.4. The Hall–Kier alpha value is -1.60. The molecule has 3 rings (SSSR count). The van der Waals surface area contributed by atoms with Gasteiger partial charge in [0.1, 0.15) is 0 Å². The van der Waals surface area contributed by atoms with Crippen LogP contribution in [0.5, 0.6) is 0 Å². The summed E-state index contributed by atoms with van der Waals surface area (Å²) in [7, 11) is 0. The molecule has 0 saturated carbocycles. The van der Waals surface area contributed by atoms with E-state index in [1.165, 1.54) is 41.2 Å². The van der Waals surface area contributed by atoms with Crippen molar-refractivity contribution in [1.29, 1.82) is 0 Å². The van der Waals surface area contributed by atoms with Crippen molar-refractivity contribution < 1.29 is 5.11 Å². The molecule has 0 bridgehead atoms. The summed E-state index contributed by atoms with van der Waals surface area (Å²) in [5.41, 5.74) is 2.47. The highest BCUT2D eigenvalue weighted by Gasteiger charge is 2.13. The third-order valence-electron chi connectivity index (χ3n) is 4.25. The van der Waals surface area contributed by atoms with Gasteiger partial charge in [0.05, 0.1) is 6.10 Å². The van der Waals surface area contributed by atoms with E-state index in [9.17, 15) is 5.11 Å². The van der Waals surface area contributed by atoms with Crippen LogP contribution >= 0.6 is 0 Å². The van der Waals surface area contributed by atoms with E-state index in [0.717, 1.165) is 19.3 Å². The van der Waals surface area contributed by atoms with Crippen LogP contribution in [0.1, 0.15) is 37.7 Å². The van der Waals surface area contributed by atoms with Crippen molar-refractivity contribution in [3.63, 3.8) is 0 Å². The largest absolute Gasteiger partial charge is 0.388 e. The minimum atomic E-state index is -0.311. The Morgan fingerprint density at radius 2 is 1.80 bits per heavy atom. The number of fused-ring (bicyclic) bond motifs is 1. The van der Waals surface area contributed by atoms with Crippen LogP contribution in [0.15, 0.2) is 54.1 Å². The van der Waals surface area contributed by atoms with Gasteiger partial charge >= 0.3 is 0 Å². The molecule has 0 fully saturated rings. The van der Waals surface area contributed by atoms with Gasteiger partial charge in [-0.3, -0.25) is 0 Å². The molecular weight excluding hydrogens is 244 g/mol. The van der Waals surface area contributed by atoms with E-state index in [1.807, 2.05) is 0 Å². The maximum atomic E-state index is 10.5. The summed E-state index contributed by atoms with van der Waals surface area (Å²) in [6.07, 6.45) is 8.67. The fourth-order valence-corrected chi connectivity index (χ4v) is 3.06. The van der Waals surface area contributed by atoms with Gasteiger partial charge in [-0.2, -0.15) is 0 Å². The summed E-state index contributed by atoms with van der Waals surface area (Å²) in [6, 6.07) is 14.9. The van der Waals surface area contributed by atoms with Crippen LogP contribution < -0.4 is 0 Å². The molecule has 1 unspecified atom stereocenters. The Kier molecular flexibility index (Phi) is 4.17. The molecule has 20 heavy (non-hydrogen) atoms. The van der Waals surface area contributed by atoms with Gasteiger partial charge in [-0.25, -0.2) is 0 Å². The second-order valence-corrected chi connectivity index (χ2v) is 5.78. The molecule has 0 spiro atoms. The van der Waals surface area contributed by atoms with Gasteiger partial charge < -0.3 is 5.11 Å². The third-order valence-corrected chi connectivity index (χ3v) is 4.25. The van der Waals surface area contributed by atoms with Crippen LogP contribution in [-0.2, 0) is 6.42 Å². The zero-order valence-corrected chi connectivity index (χ0v) is 11.9. The van der Waals surface area contributed by atoms with E-state index >= 15 is 0 Å². The summed E-state index contributed by atoms with van der Waals surface area (Å²) in [6.45, 7) is 0. The Morgan fingerprint density at radius 1 is 0.950 bits per heavy atom. The van der Waals surface area contributed by atoms with Crippen LogP contribution in [-0.4, -0.2) is 11.2 Å². The van der Waals surface area contributed by atoms with Gasteiger partial charge in [-0.15, -0.1) is 0 Å². The topological polar surface area (TPSA) is 20.2 Å². The average molecular weight is 266 g/mol. The Labute approximate surface area is 120 Å². The van der Waals surface area contributed by atoms with E-state index in [0.29, 0.717) is 0 Å². The molecule has 1 heteroatoms. The second kappa shape index (κ2) is 6.23. The van der Waals surface area contributed by atoms with Gasteiger partial charge in [0, 0.05) is 6.42 Å². The molecular formula is C19H22O. The molecule has 0 heterocycles. The van der Waals surface area contributed by atoms with Gasteiger partial charge in [0.25, 0.3) is 0 Å². The first-order valence-electron chi connectivity index (χ1n) is 7.67. The molecule has 0 radical (unpaired) electrons. The predicted molar refractivity (Wildman–Crippen MR) is 84.8 cm³/mol. The zero-order valence-electron chi connectivity index (χ0n) is 11.9. The maximum Gasteiger partial charge on any atom is 0.0790 e. The van der Waals surface area contributed by atoms with Crippen molar-refractivity contribution >= 4 is 10.8 Å². The number of aliphatic hydroxyl groups is 1. The average Bonchev–Trinajstić information content (AvgIpc) is 2.76. The molecule has 0 aromatic heterocycles. The lowest BCUT2D eigenvalue weighted by molar-refractivity contribution is 0.206. The summed E-state index contributed by atoms with van der Waals surface area (Å²) in [5, 5.41) is 13.0. The fourth-order valence-electron chi connectivity index (χ4n) is 3.06. The standard InChI is InChI=1S/C19H22O/c20-19(17-8-3-1-2-4-9-17)14-15-11-12-16-7-5-6-10-18(16)13-15/h5-8,10-13,19-20H,1-4,9,14H2. The lowest BCUT2D eigenvalue weighted by Gasteiger charge is -2.14. The minimum absolute atomic E-state index is 0.311. The maximum absolute atomic E-state index is 10.5. The van der Waals surface area contributed by atoms with Gasteiger partial charge in [-0.1, -0.05) is 55.0 Å². The predicted octanol–water partition coefficient (Wildman–Crippen LogP) is 4.63. The monoisotopic (exact) mass is 266 g/mol. The molecule has 1 aliphatic rings. The van der Waals surface area contributed by atoms with Gasteiger partial charge in [0.2, 0.25) is 0 Å². The second-order valence-electron chi connectivity index (χ2n) is 5.78. The number of rotatable bonds is 3. The smallest absolute Gasteiger partial charge is 0.0790 e. The van der Waals surface area contributed by atoms with Crippen molar-refractivity contribution in [2.75, 3.05) is 0 Å². The Morgan fingerprint density at radius 3 is 2.70 bits per heavy atom. The van der Waals surface area contributed by atoms with Crippen molar-refractivity contribution in [3.8, 4) is 0 Å². The quantitative estimate of drug-likeness (QED) is 0.803. The molecule has 1 atom stereocenters. The third kappa shape index (κ3) is 3.10. The van der Waals surface area contributed by atoms with E-state index < -0.39 is 0 Å². The van der Waals surface area contributed by atoms with Crippen molar-refractivity contribution in [2.45, 2.75) is 44.6 Å². The molecule has 1 nitrogen and oxygen atoms in total. The van der Waals surface area contributed by atoms with E-state index in [1.54, 1.807) is 0 Å². The molecule has 104 valence electrons. The number of hydrogen-bond donors (Lipinski definition) is 1. The van der Waals surface area contributed by atoms with Crippen LogP contribution in [0.4, 0.5) is 0 Å². The van der Waals surface area contributed by atoms with E-state index in [2.05, 4.69) is 48.5 Å². The van der Waals surface area contributed by atoms with Crippen molar-refractivity contribution in [1.82, 2.24) is 0 Å². The van der Waals surface area contributed by atoms with E-state index in [4.69, 9.17) is 0 Å². The minimum Gasteiger partial charge on any atom is -0.388 e. The van der Waals surface area contributed by atoms with Gasteiger partial charge in [-0.05, 0) is 47.6 Å². The molecule has 1 N–H and O–H groups in total. The lowest BCUT2D eigenvalue weighted by atomic mass is 9.96. The summed E-state index contributed by atoms with van der Waals surface area (Å²) in [4.78, 5) is 0. The molecule has 0 amide bonds. The highest BCUT2D eigenvalue weighted by Crippen LogP contribution is 2.23. The first-order chi connectivity index (χ1) is 9.83. The summed E-state index contributed by atoms with van der Waals surface area (Å²) in [5.74, 6) is 0. The van der Waals surface area contributed by atoms with Crippen molar-refractivity contribution in [3.05, 3.63) is 59.7 Å². The Balaban J connectivity index is 1.76. The highest BCUT2D eigenvalue weighted by molar-refractivity contribution is 5.83. The lowest BCUT2D eigenvalue weighted by Crippen LogP contribution is -2.13. The van der Waals surface area contributed by atoms with Crippen LogP contribution in [0.25, 0.3) is 10.8 Å². The zero-order chi connectivity index (χ0) is 13.8. The summed E-state index contributed by atoms with van der Waals surface area (Å²) < 4.78 is 0. The highest BCUT2D eigenvalue weighted by atomic mass is 16.3. The number of hydrogen-bond acceptors (Lipinski definition) is 1. The van der Waals surface area contributed by atoms with Crippen LogP contribution in [0.2, 0.25) is 0 Å². The molecule has 2 aromatic rings. The normalized spacial score (nSPS) is 17.6. The fraction of sp³-hybridized carbons (Fsp3) is 0.368. The van der Waals surface area contributed by atoms with Crippen LogP contribution in [0.3, 0.4) is 0 Å².